The number of benzene rings is 1. The minimum absolute atomic E-state index is 0.0810. The lowest BCUT2D eigenvalue weighted by molar-refractivity contribution is 0.102. The molecule has 0 saturated heterocycles. The van der Waals surface area contributed by atoms with Gasteiger partial charge in [-0.25, -0.2) is 0 Å². The molecule has 0 fully saturated rings. The first-order chi connectivity index (χ1) is 12.1. The van der Waals surface area contributed by atoms with Crippen molar-refractivity contribution in [3.8, 4) is 17.2 Å². The molecule has 0 atom stereocenters. The van der Waals surface area contributed by atoms with E-state index in [9.17, 15) is 9.59 Å². The van der Waals surface area contributed by atoms with Gasteiger partial charge in [0.05, 0.1) is 27.0 Å². The highest BCUT2D eigenvalue weighted by Gasteiger charge is 2.21. The molecule has 0 saturated carbocycles. The van der Waals surface area contributed by atoms with Crippen molar-refractivity contribution in [1.82, 2.24) is 4.98 Å². The predicted molar refractivity (Wildman–Crippen MR) is 93.1 cm³/mol. The Balaban J connectivity index is 1.95. The summed E-state index contributed by atoms with van der Waals surface area (Å²) in [5.74, 6) is 0.674. The van der Waals surface area contributed by atoms with Crippen LogP contribution >= 0.6 is 0 Å². The molecule has 0 aliphatic heterocycles. The van der Waals surface area contributed by atoms with Crippen molar-refractivity contribution in [1.29, 1.82) is 0 Å². The molecule has 0 radical (unpaired) electrons. The lowest BCUT2D eigenvalue weighted by Gasteiger charge is -2.16. The standard InChI is InChI=1S/C18H20N2O5/c1-23-14-8-7-13(15(24-2)16(14)25-3)20-18(22)11-9-10-5-4-6-12(10)19-17(11)21/h7-9H,4-6H2,1-3H3,(H,19,21)(H,20,22). The van der Waals surface area contributed by atoms with Crippen LogP contribution in [0.2, 0.25) is 0 Å². The average Bonchev–Trinajstić information content (AvgIpc) is 3.07. The fourth-order valence-corrected chi connectivity index (χ4v) is 3.07. The molecule has 2 N–H and O–H groups in total. The molecule has 3 rings (SSSR count). The van der Waals surface area contributed by atoms with Crippen molar-refractivity contribution in [3.05, 3.63) is 45.4 Å². The second-order valence-electron chi connectivity index (χ2n) is 5.71. The lowest BCUT2D eigenvalue weighted by atomic mass is 10.1. The smallest absolute Gasteiger partial charge is 0.261 e. The van der Waals surface area contributed by atoms with Crippen LogP contribution in [0.4, 0.5) is 5.69 Å². The number of amides is 1. The molecule has 1 heterocycles. The van der Waals surface area contributed by atoms with Gasteiger partial charge in [-0.05, 0) is 43.0 Å². The summed E-state index contributed by atoms with van der Waals surface area (Å²) in [6.45, 7) is 0. The van der Waals surface area contributed by atoms with E-state index in [4.69, 9.17) is 14.2 Å². The van der Waals surface area contributed by atoms with Gasteiger partial charge in [0, 0.05) is 5.69 Å². The fourth-order valence-electron chi connectivity index (χ4n) is 3.07. The third-order valence-corrected chi connectivity index (χ3v) is 4.29. The summed E-state index contributed by atoms with van der Waals surface area (Å²) < 4.78 is 15.9. The van der Waals surface area contributed by atoms with Crippen molar-refractivity contribution >= 4 is 11.6 Å². The van der Waals surface area contributed by atoms with E-state index >= 15 is 0 Å². The molecule has 7 nitrogen and oxygen atoms in total. The Bertz CT molecular complexity index is 873. The van der Waals surface area contributed by atoms with E-state index in [1.54, 1.807) is 18.2 Å². The molecule has 0 spiro atoms. The number of hydrogen-bond acceptors (Lipinski definition) is 5. The summed E-state index contributed by atoms with van der Waals surface area (Å²) in [4.78, 5) is 27.6. The molecule has 1 amide bonds. The van der Waals surface area contributed by atoms with E-state index in [1.807, 2.05) is 0 Å². The fraction of sp³-hybridized carbons (Fsp3) is 0.333. The molecule has 0 unspecified atom stereocenters. The Morgan fingerprint density at radius 1 is 1.08 bits per heavy atom. The van der Waals surface area contributed by atoms with Crippen molar-refractivity contribution < 1.29 is 19.0 Å². The van der Waals surface area contributed by atoms with Crippen LogP contribution in [0.15, 0.2) is 23.0 Å². The van der Waals surface area contributed by atoms with Crippen molar-refractivity contribution in [2.45, 2.75) is 19.3 Å². The van der Waals surface area contributed by atoms with Gasteiger partial charge >= 0.3 is 0 Å². The average molecular weight is 344 g/mol. The van der Waals surface area contributed by atoms with Crippen LogP contribution in [-0.2, 0) is 12.8 Å². The number of methoxy groups -OCH3 is 3. The number of nitrogens with one attached hydrogen (secondary N) is 2. The van der Waals surface area contributed by atoms with E-state index in [-0.39, 0.29) is 5.56 Å². The Morgan fingerprint density at radius 2 is 1.84 bits per heavy atom. The SMILES string of the molecule is COc1ccc(NC(=O)c2cc3c([nH]c2=O)CCC3)c(OC)c1OC. The van der Waals surface area contributed by atoms with E-state index in [0.29, 0.717) is 22.9 Å². The Kier molecular flexibility index (Phi) is 4.65. The first-order valence-electron chi connectivity index (χ1n) is 7.94. The largest absolute Gasteiger partial charge is 0.493 e. The summed E-state index contributed by atoms with van der Waals surface area (Å²) in [5.41, 5.74) is 2.02. The number of ether oxygens (including phenoxy) is 3. The van der Waals surface area contributed by atoms with E-state index in [0.717, 1.165) is 30.5 Å². The minimum Gasteiger partial charge on any atom is -0.493 e. The molecule has 0 bridgehead atoms. The van der Waals surface area contributed by atoms with Crippen LogP contribution in [0.1, 0.15) is 28.0 Å². The van der Waals surface area contributed by atoms with Gasteiger partial charge < -0.3 is 24.5 Å². The van der Waals surface area contributed by atoms with Gasteiger partial charge in [-0.2, -0.15) is 0 Å². The summed E-state index contributed by atoms with van der Waals surface area (Å²) in [6.07, 6.45) is 2.70. The van der Waals surface area contributed by atoms with E-state index in [1.165, 1.54) is 21.3 Å². The molecule has 2 aromatic rings. The quantitative estimate of drug-likeness (QED) is 0.867. The van der Waals surface area contributed by atoms with Crippen molar-refractivity contribution in [2.24, 2.45) is 0 Å². The Labute approximate surface area is 144 Å². The number of hydrogen-bond donors (Lipinski definition) is 2. The maximum Gasteiger partial charge on any atom is 0.261 e. The number of rotatable bonds is 5. The highest BCUT2D eigenvalue weighted by atomic mass is 16.5. The number of aromatic amines is 1. The van der Waals surface area contributed by atoms with Gasteiger partial charge in [-0.15, -0.1) is 0 Å². The van der Waals surface area contributed by atoms with Gasteiger partial charge in [0.1, 0.15) is 5.56 Å². The molecular weight excluding hydrogens is 324 g/mol. The van der Waals surface area contributed by atoms with Crippen LogP contribution in [0.3, 0.4) is 0 Å². The number of H-pyrrole nitrogens is 1. The Hall–Kier alpha value is -2.96. The number of aryl methyl sites for hydroxylation is 2. The molecule has 7 heteroatoms. The molecule has 132 valence electrons. The molecule has 1 aliphatic rings. The number of carbonyl (C=O) groups excluding carboxylic acids is 1. The minimum atomic E-state index is -0.499. The van der Waals surface area contributed by atoms with Crippen molar-refractivity contribution in [2.75, 3.05) is 26.6 Å². The zero-order chi connectivity index (χ0) is 18.0. The second-order valence-corrected chi connectivity index (χ2v) is 5.71. The van der Waals surface area contributed by atoms with Crippen LogP contribution in [0.25, 0.3) is 0 Å². The topological polar surface area (TPSA) is 89.7 Å². The first-order valence-corrected chi connectivity index (χ1v) is 7.94. The van der Waals surface area contributed by atoms with Gasteiger partial charge in [-0.1, -0.05) is 0 Å². The normalized spacial score (nSPS) is 12.4. The number of carbonyl (C=O) groups is 1. The van der Waals surface area contributed by atoms with Crippen LogP contribution in [0.5, 0.6) is 17.2 Å². The second kappa shape index (κ2) is 6.88. The lowest BCUT2D eigenvalue weighted by Crippen LogP contribution is -2.24. The zero-order valence-electron chi connectivity index (χ0n) is 14.4. The number of fused-ring (bicyclic) bond motifs is 1. The Morgan fingerprint density at radius 3 is 2.52 bits per heavy atom. The predicted octanol–water partition coefficient (Wildman–Crippen LogP) is 2.14. The van der Waals surface area contributed by atoms with Crippen molar-refractivity contribution in [3.63, 3.8) is 0 Å². The van der Waals surface area contributed by atoms with Gasteiger partial charge in [0.25, 0.3) is 11.5 Å². The number of pyridine rings is 1. The monoisotopic (exact) mass is 344 g/mol. The van der Waals surface area contributed by atoms with Gasteiger partial charge in [-0.3, -0.25) is 9.59 Å². The zero-order valence-corrected chi connectivity index (χ0v) is 14.4. The van der Waals surface area contributed by atoms with Crippen LogP contribution < -0.4 is 25.1 Å². The molecule has 1 aromatic heterocycles. The third kappa shape index (κ3) is 3.05. The van der Waals surface area contributed by atoms with Crippen LogP contribution in [-0.4, -0.2) is 32.2 Å². The van der Waals surface area contributed by atoms with Gasteiger partial charge in [0.2, 0.25) is 5.75 Å². The highest BCUT2D eigenvalue weighted by Crippen LogP contribution is 2.42. The summed E-state index contributed by atoms with van der Waals surface area (Å²) in [5, 5.41) is 2.72. The van der Waals surface area contributed by atoms with E-state index < -0.39 is 11.5 Å². The molecule has 1 aromatic carbocycles. The van der Waals surface area contributed by atoms with E-state index in [2.05, 4.69) is 10.3 Å². The molecular formula is C18H20N2O5. The first kappa shape index (κ1) is 16.9. The molecule has 25 heavy (non-hydrogen) atoms. The number of aromatic nitrogens is 1. The third-order valence-electron chi connectivity index (χ3n) is 4.29. The number of anilines is 1. The summed E-state index contributed by atoms with van der Waals surface area (Å²) in [6, 6.07) is 4.97. The molecule has 1 aliphatic carbocycles. The maximum absolute atomic E-state index is 12.6. The maximum atomic E-state index is 12.6. The van der Waals surface area contributed by atoms with Crippen LogP contribution in [0, 0.1) is 0 Å². The highest BCUT2D eigenvalue weighted by molar-refractivity contribution is 6.05. The van der Waals surface area contributed by atoms with Gasteiger partial charge in [0.15, 0.2) is 11.5 Å². The summed E-state index contributed by atoms with van der Waals surface area (Å²) in [7, 11) is 4.46. The summed E-state index contributed by atoms with van der Waals surface area (Å²) >= 11 is 0.